The predicted molar refractivity (Wildman–Crippen MR) is 102 cm³/mol. The van der Waals surface area contributed by atoms with Gasteiger partial charge in [-0.1, -0.05) is 12.1 Å². The third-order valence-electron chi connectivity index (χ3n) is 4.12. The van der Waals surface area contributed by atoms with Gasteiger partial charge in [-0.25, -0.2) is 4.99 Å². The molecule has 4 nitrogen and oxygen atoms in total. The number of rotatable bonds is 3. The van der Waals surface area contributed by atoms with Gasteiger partial charge in [-0.2, -0.15) is 0 Å². The minimum atomic E-state index is 0.218. The van der Waals surface area contributed by atoms with Gasteiger partial charge in [0.25, 0.3) is 0 Å². The van der Waals surface area contributed by atoms with E-state index in [1.54, 1.807) is 31.4 Å². The Morgan fingerprint density at radius 3 is 2.35 bits per heavy atom. The maximum atomic E-state index is 9.46. The van der Waals surface area contributed by atoms with E-state index < -0.39 is 0 Å². The van der Waals surface area contributed by atoms with Crippen LogP contribution in [0.3, 0.4) is 0 Å². The summed E-state index contributed by atoms with van der Waals surface area (Å²) in [5, 5.41) is 11.2. The highest BCUT2D eigenvalue weighted by atomic mass is 16.5. The normalized spacial score (nSPS) is 11.7. The molecule has 128 valence electrons. The molecule has 0 amide bonds. The quantitative estimate of drug-likeness (QED) is 0.566. The molecule has 0 atom stereocenters. The second kappa shape index (κ2) is 6.76. The summed E-state index contributed by atoms with van der Waals surface area (Å²) in [7, 11) is 1.64. The summed E-state index contributed by atoms with van der Waals surface area (Å²) >= 11 is 0. The van der Waals surface area contributed by atoms with Crippen LogP contribution < -0.4 is 10.1 Å². The lowest BCUT2D eigenvalue weighted by Gasteiger charge is -2.06. The van der Waals surface area contributed by atoms with Gasteiger partial charge in [0.15, 0.2) is 0 Å². The smallest absolute Gasteiger partial charge is 0.136 e. The van der Waals surface area contributed by atoms with Crippen LogP contribution in [0.25, 0.3) is 22.3 Å². The zero-order valence-electron chi connectivity index (χ0n) is 14.2. The van der Waals surface area contributed by atoms with E-state index in [4.69, 9.17) is 14.1 Å². The maximum absolute atomic E-state index is 9.46. The van der Waals surface area contributed by atoms with Crippen LogP contribution >= 0.6 is 0 Å². The van der Waals surface area contributed by atoms with E-state index in [0.29, 0.717) is 0 Å². The summed E-state index contributed by atoms with van der Waals surface area (Å²) in [4.78, 5) is 4.73. The van der Waals surface area contributed by atoms with Crippen molar-refractivity contribution in [2.45, 2.75) is 0 Å². The lowest BCUT2D eigenvalue weighted by atomic mass is 10.1. The third-order valence-corrected chi connectivity index (χ3v) is 4.12. The Bertz CT molecular complexity index is 1110. The first-order chi connectivity index (χ1) is 12.7. The number of aromatic hydroxyl groups is 1. The summed E-state index contributed by atoms with van der Waals surface area (Å²) in [6, 6.07) is 24.3. The van der Waals surface area contributed by atoms with Crippen LogP contribution in [-0.2, 0) is 0 Å². The molecule has 1 N–H and O–H groups in total. The Morgan fingerprint density at radius 2 is 1.62 bits per heavy atom. The number of hydrogen-bond donors (Lipinski definition) is 1. The van der Waals surface area contributed by atoms with Crippen molar-refractivity contribution in [3.05, 3.63) is 84.2 Å². The van der Waals surface area contributed by atoms with Gasteiger partial charge in [-0.05, 0) is 60.7 Å². The van der Waals surface area contributed by atoms with Crippen molar-refractivity contribution in [1.29, 1.82) is 0 Å². The molecule has 1 aromatic heterocycles. The Balaban J connectivity index is 1.91. The highest BCUT2D eigenvalue weighted by Crippen LogP contribution is 2.25. The average molecular weight is 343 g/mol. The van der Waals surface area contributed by atoms with Crippen LogP contribution in [0, 0.1) is 0 Å². The molecule has 0 saturated carbocycles. The molecule has 4 heteroatoms. The first kappa shape index (κ1) is 16.0. The molecule has 0 bridgehead atoms. The van der Waals surface area contributed by atoms with Crippen LogP contribution in [0.1, 0.15) is 0 Å². The number of hydrogen-bond acceptors (Lipinski definition) is 4. The highest BCUT2D eigenvalue weighted by Gasteiger charge is 2.06. The number of fused-ring (bicyclic) bond motifs is 1. The predicted octanol–water partition coefficient (Wildman–Crippen LogP) is 5.05. The van der Waals surface area contributed by atoms with Crippen molar-refractivity contribution in [3.8, 4) is 22.8 Å². The van der Waals surface area contributed by atoms with Gasteiger partial charge in [0, 0.05) is 17.0 Å². The summed E-state index contributed by atoms with van der Waals surface area (Å²) in [5.41, 5.74) is 2.47. The molecule has 3 aromatic carbocycles. The molecule has 1 heterocycles. The topological polar surface area (TPSA) is 55.0 Å². The number of benzene rings is 3. The number of ether oxygens (including phenoxy) is 1. The van der Waals surface area contributed by atoms with Crippen LogP contribution in [0.2, 0.25) is 0 Å². The van der Waals surface area contributed by atoms with E-state index in [1.165, 1.54) is 0 Å². The van der Waals surface area contributed by atoms with Crippen molar-refractivity contribution < 1.29 is 14.3 Å². The van der Waals surface area contributed by atoms with Crippen LogP contribution in [-0.4, -0.2) is 12.2 Å². The van der Waals surface area contributed by atoms with Gasteiger partial charge >= 0.3 is 0 Å². The van der Waals surface area contributed by atoms with E-state index in [2.05, 4.69) is 0 Å². The monoisotopic (exact) mass is 343 g/mol. The van der Waals surface area contributed by atoms with Crippen LogP contribution in [0.4, 0.5) is 5.69 Å². The number of phenols is 1. The van der Waals surface area contributed by atoms with Gasteiger partial charge in [-0.15, -0.1) is 0 Å². The molecular formula is C22H17NO3. The summed E-state index contributed by atoms with van der Waals surface area (Å²) < 4.78 is 11.3. The minimum absolute atomic E-state index is 0.218. The van der Waals surface area contributed by atoms with Crippen molar-refractivity contribution in [3.63, 3.8) is 0 Å². The zero-order valence-corrected chi connectivity index (χ0v) is 14.2. The Hall–Kier alpha value is -3.53. The van der Waals surface area contributed by atoms with E-state index in [0.717, 1.165) is 39.1 Å². The Labute approximate surface area is 150 Å². The SMILES string of the molecule is COc1ccc(-c2cc(=Nc3ccc(O)cc3)c3ccccc3o2)cc1. The molecule has 0 radical (unpaired) electrons. The number of phenolic OH excluding ortho intramolecular Hbond substituents is 1. The molecule has 26 heavy (non-hydrogen) atoms. The average Bonchev–Trinajstić information content (AvgIpc) is 2.69. The third kappa shape index (κ3) is 3.17. The first-order valence-electron chi connectivity index (χ1n) is 8.24. The lowest BCUT2D eigenvalue weighted by molar-refractivity contribution is 0.415. The number of para-hydroxylation sites is 1. The van der Waals surface area contributed by atoms with Crippen molar-refractivity contribution in [1.82, 2.24) is 0 Å². The molecule has 0 aliphatic carbocycles. The maximum Gasteiger partial charge on any atom is 0.136 e. The molecule has 4 rings (SSSR count). The highest BCUT2D eigenvalue weighted by molar-refractivity contribution is 5.78. The van der Waals surface area contributed by atoms with Crippen molar-refractivity contribution in [2.24, 2.45) is 4.99 Å². The summed E-state index contributed by atoms with van der Waals surface area (Å²) in [6.45, 7) is 0. The Kier molecular flexibility index (Phi) is 4.15. The fourth-order valence-electron chi connectivity index (χ4n) is 2.77. The Morgan fingerprint density at radius 1 is 0.885 bits per heavy atom. The van der Waals surface area contributed by atoms with E-state index in [1.807, 2.05) is 54.6 Å². The molecule has 0 spiro atoms. The summed E-state index contributed by atoms with van der Waals surface area (Å²) in [6.07, 6.45) is 0. The first-order valence-corrected chi connectivity index (χ1v) is 8.24. The minimum Gasteiger partial charge on any atom is -0.508 e. The lowest BCUT2D eigenvalue weighted by Crippen LogP contribution is -2.03. The van der Waals surface area contributed by atoms with E-state index in [-0.39, 0.29) is 5.75 Å². The van der Waals surface area contributed by atoms with Gasteiger partial charge in [0.2, 0.25) is 0 Å². The molecule has 0 fully saturated rings. The van der Waals surface area contributed by atoms with Gasteiger partial charge < -0.3 is 14.3 Å². The van der Waals surface area contributed by atoms with Gasteiger partial charge in [0.1, 0.15) is 22.8 Å². The number of nitrogens with zero attached hydrogens (tertiary/aromatic N) is 1. The summed E-state index contributed by atoms with van der Waals surface area (Å²) in [5.74, 6) is 1.74. The fraction of sp³-hybridized carbons (Fsp3) is 0.0455. The number of methoxy groups -OCH3 is 1. The molecule has 0 aliphatic rings. The fourth-order valence-corrected chi connectivity index (χ4v) is 2.77. The molecule has 0 saturated heterocycles. The van der Waals surface area contributed by atoms with Gasteiger partial charge in [0.05, 0.1) is 18.2 Å². The molecule has 0 aliphatic heterocycles. The van der Waals surface area contributed by atoms with E-state index in [9.17, 15) is 5.11 Å². The second-order valence-corrected chi connectivity index (χ2v) is 5.85. The second-order valence-electron chi connectivity index (χ2n) is 5.85. The van der Waals surface area contributed by atoms with Crippen LogP contribution in [0.5, 0.6) is 11.5 Å². The van der Waals surface area contributed by atoms with Crippen molar-refractivity contribution in [2.75, 3.05) is 7.11 Å². The van der Waals surface area contributed by atoms with Gasteiger partial charge in [-0.3, -0.25) is 0 Å². The largest absolute Gasteiger partial charge is 0.508 e. The van der Waals surface area contributed by atoms with Crippen LogP contribution in [0.15, 0.2) is 88.3 Å². The molecule has 4 aromatic rings. The zero-order chi connectivity index (χ0) is 17.9. The van der Waals surface area contributed by atoms with E-state index >= 15 is 0 Å². The molecule has 0 unspecified atom stereocenters. The standard InChI is InChI=1S/C22H17NO3/c1-25-18-12-6-15(7-13-18)22-14-20(19-4-2-3-5-21(19)26-22)23-16-8-10-17(24)11-9-16/h2-14,24H,1H3. The molecular weight excluding hydrogens is 326 g/mol. The van der Waals surface area contributed by atoms with Crippen molar-refractivity contribution >= 4 is 16.7 Å².